The van der Waals surface area contributed by atoms with Crippen LogP contribution in [0.3, 0.4) is 0 Å². The number of esters is 5. The Balaban J connectivity index is 0.000000181. The van der Waals surface area contributed by atoms with E-state index in [1.165, 1.54) is 65.0 Å². The van der Waals surface area contributed by atoms with E-state index in [4.69, 9.17) is 47.6 Å². The van der Waals surface area contributed by atoms with Crippen LogP contribution in [-0.4, -0.2) is 390 Å². The van der Waals surface area contributed by atoms with Crippen LogP contribution in [-0.2, 0) is 104 Å². The van der Waals surface area contributed by atoms with Gasteiger partial charge in [0.25, 0.3) is 0 Å². The number of β-amino-alcohol motifs (C(OH)–C–C–N with tert-alkyl or cyclic N) is 1. The number of piperazine rings is 4. The summed E-state index contributed by atoms with van der Waals surface area (Å²) >= 11 is 12.2. The lowest BCUT2D eigenvalue weighted by molar-refractivity contribution is -0.152. The zero-order chi connectivity index (χ0) is 103. The number of aromatic hydroxyl groups is 1. The number of anilines is 1. The fourth-order valence-corrected chi connectivity index (χ4v) is 21.6. The third kappa shape index (κ3) is 31.1. The number of hydrogen-bond donors (Lipinski definition) is 6. The number of nitrogen functional groups attached to an aromatic ring is 1. The molecule has 12 aliphatic heterocycles. The number of carbonyl (C=O) groups is 10. The number of nitrogens with one attached hydrogen (secondary N) is 3. The molecule has 0 saturated carbocycles. The molecule has 12 saturated heterocycles. The highest BCUT2D eigenvalue weighted by atomic mass is 35.5. The van der Waals surface area contributed by atoms with E-state index in [-0.39, 0.29) is 177 Å². The Kier molecular flexibility index (Phi) is 40.4. The maximum atomic E-state index is 13.7. The van der Waals surface area contributed by atoms with E-state index in [2.05, 4.69) is 44.8 Å². The largest absolute Gasteiger partial charge is 0.504 e. The number of fused-ring (bicyclic) bond motifs is 5. The molecule has 16 atom stereocenters. The molecule has 13 heterocycles. The molecule has 0 aliphatic carbocycles. The number of alkyl halides is 7. The molecule has 12 aliphatic rings. The van der Waals surface area contributed by atoms with Gasteiger partial charge in [-0.05, 0) is 90.6 Å². The molecular weight excluding hydrogens is 1930 g/mol. The summed E-state index contributed by atoms with van der Waals surface area (Å²) in [7, 11) is -2.92. The quantitative estimate of drug-likeness (QED) is 0.0263. The number of amides is 5. The number of halogens is 9. The number of carbonyl (C=O) groups excluding carboxylic acids is 10. The first-order valence-electron chi connectivity index (χ1n) is 45.7. The first-order valence-corrected chi connectivity index (χ1v) is 49.4. The molecule has 3 unspecified atom stereocenters. The highest BCUT2D eigenvalue weighted by molar-refractivity contribution is 7.89. The molecule has 0 bridgehead atoms. The van der Waals surface area contributed by atoms with E-state index < -0.39 is 158 Å². The van der Waals surface area contributed by atoms with Crippen molar-refractivity contribution in [2.24, 2.45) is 0 Å². The van der Waals surface area contributed by atoms with Crippen LogP contribution < -0.4 is 21.7 Å². The van der Waals surface area contributed by atoms with Gasteiger partial charge in [-0.25, -0.2) is 76.5 Å². The van der Waals surface area contributed by atoms with Crippen molar-refractivity contribution >= 4 is 120 Å². The predicted molar refractivity (Wildman–Crippen MR) is 492 cm³/mol. The summed E-state index contributed by atoms with van der Waals surface area (Å²) in [6.45, 7) is 22.9. The summed E-state index contributed by atoms with van der Waals surface area (Å²) in [5.41, 5.74) is 5.35. The lowest BCUT2D eigenvalue weighted by atomic mass is 9.97. The molecule has 7 N–H and O–H groups in total. The third-order valence-corrected chi connectivity index (χ3v) is 29.0. The molecule has 4 aromatic rings. The minimum atomic E-state index is -3.98. The van der Waals surface area contributed by atoms with Crippen LogP contribution in [0, 0.1) is 0 Å². The summed E-state index contributed by atoms with van der Waals surface area (Å²) in [6.07, 6.45) is -7.16. The summed E-state index contributed by atoms with van der Waals surface area (Å²) in [4.78, 5) is 130. The number of aliphatic hydroxyl groups is 1. The number of benzene rings is 3. The molecule has 778 valence electrons. The standard InChI is InChI=1S/C18H23ClFN3O3S.C17H20FNO5.C13H17ClFN3O3S.C11H18FNO4.C11H19NO5.C7H9FN2O2.C7H13FN2.C6H10FNO2/c1-18(2,3)17-21-14-5-4-13(19)16(15(14)26-17)27(24,25)23-7-6-22-9-11(20)8-12(22)10-23;1-23-17(22)14-9-13(18)10-19(14)15(20)7-8-16(21)24-11-12-5-3-2-4-6-12;14-10-1-2-11(16)12(19)13(10)22(20,21)18-4-3-17-6-8(15)5-9(17)7-18;1-11(2,3)17-10(15)13-6-7(12)5-8(13)9(14)16-4;1-11(2,3)17-10(15)12-6-7(13)5-8(12)9(14)16-4;8-4-1-5-7(12)9-2-6(11)10(5)3-4;8-6-3-7-4-9-1-2-10(7)5-6;1-10-6(9)5-2-4(7)3-8-5/h4-5,11-12H,6-10H2,1-3H3;2-6,13-14H,7-11H2,1H3;1-2,8-9,19H,3-7,16H2;7-8H,5-6H2,1-4H3;7-8,13H,5-6H2,1-4H3;4-5H,1-3H2,(H,9,12);6-7,9H,1-5H2;4-5,8H,2-3H2,1H3/t11-,12-;13-,14-;8-,9-;2*7-,8?;4-,5-;6-,7-;4-,5?/m00001000/s1. The smallest absolute Gasteiger partial charge is 0.411 e. The van der Waals surface area contributed by atoms with Gasteiger partial charge in [-0.1, -0.05) is 74.3 Å². The predicted octanol–water partition coefficient (Wildman–Crippen LogP) is 6.82. The second kappa shape index (κ2) is 49.6. The number of hydrogen-bond acceptors (Lipinski definition) is 31. The van der Waals surface area contributed by atoms with Crippen LogP contribution in [0.4, 0.5) is 46.0 Å². The summed E-state index contributed by atoms with van der Waals surface area (Å²) < 4.78 is 186. The Morgan fingerprint density at radius 1 is 0.532 bits per heavy atom. The number of phenols is 1. The molecule has 139 heavy (non-hydrogen) atoms. The van der Waals surface area contributed by atoms with Gasteiger partial charge in [0.2, 0.25) is 43.7 Å². The molecule has 12 fully saturated rings. The monoisotopic (exact) mass is 2060 g/mol. The number of methoxy groups -OCH3 is 4. The van der Waals surface area contributed by atoms with Crippen molar-refractivity contribution in [3.63, 3.8) is 0 Å². The van der Waals surface area contributed by atoms with Crippen LogP contribution in [0.5, 0.6) is 5.75 Å². The fourth-order valence-electron chi connectivity index (χ4n) is 17.5. The molecule has 38 nitrogen and oxygen atoms in total. The summed E-state index contributed by atoms with van der Waals surface area (Å²) in [5.74, 6) is -3.63. The topological polar surface area (TPSA) is 461 Å². The van der Waals surface area contributed by atoms with E-state index in [9.17, 15) is 106 Å². The molecule has 49 heteroatoms. The first-order chi connectivity index (χ1) is 65.1. The number of rotatable bonds is 13. The maximum absolute atomic E-state index is 13.7. The number of likely N-dealkylation sites (tertiary alicyclic amines) is 3. The van der Waals surface area contributed by atoms with E-state index in [1.54, 1.807) is 47.6 Å². The lowest BCUT2D eigenvalue weighted by Crippen LogP contribution is -2.55. The second-order valence-electron chi connectivity index (χ2n) is 38.2. The van der Waals surface area contributed by atoms with Crippen molar-refractivity contribution in [3.8, 4) is 5.75 Å². The van der Waals surface area contributed by atoms with Crippen molar-refractivity contribution in [3.05, 3.63) is 76.1 Å². The maximum Gasteiger partial charge on any atom is 0.411 e. The van der Waals surface area contributed by atoms with Crippen molar-refractivity contribution < 1.29 is 143 Å². The second-order valence-corrected chi connectivity index (χ2v) is 42.8. The van der Waals surface area contributed by atoms with Crippen LogP contribution in [0.2, 0.25) is 10.0 Å². The molecule has 0 radical (unpaired) electrons. The van der Waals surface area contributed by atoms with E-state index in [0.717, 1.165) is 41.4 Å². The summed E-state index contributed by atoms with van der Waals surface area (Å²) in [6, 6.07) is 11.8. The first kappa shape index (κ1) is 113. The van der Waals surface area contributed by atoms with Crippen LogP contribution in [0.25, 0.3) is 11.1 Å². The van der Waals surface area contributed by atoms with Gasteiger partial charge in [0, 0.05) is 147 Å². The van der Waals surface area contributed by atoms with Crippen LogP contribution >= 0.6 is 23.2 Å². The molecule has 16 rings (SSSR count). The number of ether oxygens (including phenoxy) is 7. The number of oxazole rings is 1. The van der Waals surface area contributed by atoms with Gasteiger partial charge >= 0.3 is 42.0 Å². The zero-order valence-electron chi connectivity index (χ0n) is 80.1. The SMILES string of the molecule is CC(C)(C)c1nc2ccc(Cl)c(S(=O)(=O)N3CCN4C[C@@H](F)C[C@H]4C3)c2o1.COC(=O)C1C[C@@H](O)CN1C(=O)OC(C)(C)C.COC(=O)C1C[C@H](F)CN1.COC(=O)C1C[C@H](F)CN1C(=O)OC(C)(C)C.COC(=O)[C@@H]1C[C@H](F)CN1C(=O)CCC(=O)OCc1ccccc1.F[C@H]1C[C@H]2CNCCN2C1.Nc1ccc(Cl)c(S(=O)(=O)N2CCN3C[C@@H](F)C[C@H]3C2)c1O.O=C1NCC(=O)N2C[C@@H](F)C[C@@H]12. The molecule has 5 amide bonds. The van der Waals surface area contributed by atoms with Crippen LogP contribution in [0.1, 0.15) is 138 Å². The van der Waals surface area contributed by atoms with Crippen molar-refractivity contribution in [2.75, 3.05) is 152 Å². The van der Waals surface area contributed by atoms with Gasteiger partial charge in [0.1, 0.15) is 107 Å². The van der Waals surface area contributed by atoms with Crippen molar-refractivity contribution in [1.29, 1.82) is 0 Å². The van der Waals surface area contributed by atoms with Gasteiger partial charge in [0.05, 0.1) is 89.4 Å². The van der Waals surface area contributed by atoms with Gasteiger partial charge in [-0.15, -0.1) is 0 Å². The van der Waals surface area contributed by atoms with Gasteiger partial charge < -0.3 is 79.3 Å². The number of aromatic nitrogens is 1. The molecule has 1 aromatic heterocycles. The third-order valence-electron chi connectivity index (χ3n) is 24.3. The zero-order valence-corrected chi connectivity index (χ0v) is 83.2. The van der Waals surface area contributed by atoms with Gasteiger partial charge in [-0.3, -0.25) is 48.5 Å². The van der Waals surface area contributed by atoms with E-state index >= 15 is 0 Å². The fraction of sp³-hybridized carbons (Fsp3) is 0.678. The van der Waals surface area contributed by atoms with Crippen LogP contribution in [0.15, 0.2) is 68.8 Å². The average molecular weight is 2060 g/mol. The Hall–Kier alpha value is -9.30. The van der Waals surface area contributed by atoms with Crippen molar-refractivity contribution in [2.45, 2.75) is 257 Å². The van der Waals surface area contributed by atoms with Crippen molar-refractivity contribution in [1.82, 2.24) is 63.8 Å². The Labute approximate surface area is 813 Å². The minimum Gasteiger partial charge on any atom is -0.504 e. The number of nitrogens with zero attached hydrogens (tertiary/aromatic N) is 10. The lowest BCUT2D eigenvalue weighted by Gasteiger charge is -2.36. The minimum absolute atomic E-state index is 0.0159. The average Bonchev–Trinajstić information content (AvgIpc) is 1.63. The molecular formula is C90H129Cl2F7N14O24S2. The number of phenolic OH excluding ortho intramolecular Hbond substituents is 1. The highest BCUT2D eigenvalue weighted by Crippen LogP contribution is 2.41. The normalized spacial score (nSPS) is 27.0. The Morgan fingerprint density at radius 2 is 1.01 bits per heavy atom. The molecule has 3 aromatic carbocycles. The highest BCUT2D eigenvalue weighted by Gasteiger charge is 2.49. The van der Waals surface area contributed by atoms with E-state index in [0.29, 0.717) is 69.6 Å². The number of nitrogens with two attached hydrogens (primary N) is 1. The Bertz CT molecular complexity index is 5060. The molecule has 0 spiro atoms. The van der Waals surface area contributed by atoms with E-state index in [1.807, 2.05) is 60.9 Å². The van der Waals surface area contributed by atoms with Gasteiger partial charge in [-0.2, -0.15) is 8.61 Å². The number of aliphatic hydroxyl groups excluding tert-OH is 1. The van der Waals surface area contributed by atoms with Gasteiger partial charge in [0.15, 0.2) is 11.3 Å². The summed E-state index contributed by atoms with van der Waals surface area (Å²) in [5, 5.41) is 27.9. The number of sulfonamides is 2. The Morgan fingerprint density at radius 3 is 1.51 bits per heavy atom.